The maximum Gasteiger partial charge on any atom is 0.219 e. The highest BCUT2D eigenvalue weighted by atomic mass is 35.5. The van der Waals surface area contributed by atoms with Gasteiger partial charge in [0.2, 0.25) is 5.91 Å². The van der Waals surface area contributed by atoms with Gasteiger partial charge < -0.3 is 22.2 Å². The number of nitrogens with one attached hydrogen (secondary N) is 1. The molecule has 1 amide bonds. The zero-order valence-electron chi connectivity index (χ0n) is 18.5. The number of benzene rings is 1. The third-order valence-corrected chi connectivity index (χ3v) is 5.22. The van der Waals surface area contributed by atoms with E-state index in [1.165, 1.54) is 56.9 Å². The molecule has 0 aliphatic carbocycles. The first kappa shape index (κ1) is 26.9. The number of hydrogen-bond donors (Lipinski definition) is 1. The molecular formula is C24H43ClN2O. The van der Waals surface area contributed by atoms with Crippen LogP contribution in [-0.4, -0.2) is 37.6 Å². The van der Waals surface area contributed by atoms with Gasteiger partial charge in [-0.15, -0.1) is 0 Å². The molecule has 0 bridgehead atoms. The maximum atomic E-state index is 11.9. The topological polar surface area (TPSA) is 29.1 Å². The quantitative estimate of drug-likeness (QED) is 0.329. The van der Waals surface area contributed by atoms with E-state index in [4.69, 9.17) is 0 Å². The van der Waals surface area contributed by atoms with E-state index in [1.54, 1.807) is 0 Å². The normalized spacial score (nSPS) is 11.1. The van der Waals surface area contributed by atoms with Crippen molar-refractivity contribution in [1.82, 2.24) is 5.32 Å². The Morgan fingerprint density at radius 2 is 1.43 bits per heavy atom. The minimum absolute atomic E-state index is 0. The largest absolute Gasteiger partial charge is 1.00 e. The van der Waals surface area contributed by atoms with E-state index in [2.05, 4.69) is 56.7 Å². The molecule has 0 spiro atoms. The van der Waals surface area contributed by atoms with Gasteiger partial charge in [0, 0.05) is 24.9 Å². The molecule has 0 saturated carbocycles. The lowest BCUT2D eigenvalue weighted by atomic mass is 10.1. The van der Waals surface area contributed by atoms with E-state index in [0.717, 1.165) is 37.0 Å². The molecule has 1 aromatic carbocycles. The number of carbonyl (C=O) groups is 1. The van der Waals surface area contributed by atoms with Crippen molar-refractivity contribution in [2.24, 2.45) is 0 Å². The van der Waals surface area contributed by atoms with Crippen LogP contribution in [0.3, 0.4) is 0 Å². The second-order valence-electron chi connectivity index (χ2n) is 8.58. The molecule has 0 aliphatic heterocycles. The number of quaternary nitrogens is 1. The number of hydrogen-bond acceptors (Lipinski definition) is 1. The number of carbonyl (C=O) groups excluding carboxylic acids is 1. The van der Waals surface area contributed by atoms with Gasteiger partial charge in [-0.3, -0.25) is 4.79 Å². The van der Waals surface area contributed by atoms with Gasteiger partial charge in [0.1, 0.15) is 6.54 Å². The Bertz CT molecular complexity index is 491. The maximum absolute atomic E-state index is 11.9. The van der Waals surface area contributed by atoms with Crippen molar-refractivity contribution in [2.45, 2.75) is 84.1 Å². The van der Waals surface area contributed by atoms with E-state index in [9.17, 15) is 4.79 Å². The molecule has 162 valence electrons. The second-order valence-corrected chi connectivity index (χ2v) is 8.58. The summed E-state index contributed by atoms with van der Waals surface area (Å²) in [5, 5.41) is 3.10. The van der Waals surface area contributed by atoms with Crippen LogP contribution < -0.4 is 17.7 Å². The van der Waals surface area contributed by atoms with E-state index >= 15 is 0 Å². The number of rotatable bonds is 16. The minimum atomic E-state index is 0. The first-order valence-electron chi connectivity index (χ1n) is 11.2. The first-order valence-corrected chi connectivity index (χ1v) is 11.2. The summed E-state index contributed by atoms with van der Waals surface area (Å²) >= 11 is 0. The molecular weight excluding hydrogens is 368 g/mol. The summed E-state index contributed by atoms with van der Waals surface area (Å²) in [4.78, 5) is 11.9. The van der Waals surface area contributed by atoms with E-state index in [-0.39, 0.29) is 18.3 Å². The van der Waals surface area contributed by atoms with E-state index < -0.39 is 0 Å². The van der Waals surface area contributed by atoms with Crippen LogP contribution in [0.25, 0.3) is 0 Å². The molecule has 1 N–H and O–H groups in total. The highest BCUT2D eigenvalue weighted by molar-refractivity contribution is 5.75. The molecule has 0 unspecified atom stereocenters. The van der Waals surface area contributed by atoms with Gasteiger partial charge in [0.05, 0.1) is 20.6 Å². The minimum Gasteiger partial charge on any atom is -1.00 e. The lowest BCUT2D eigenvalue weighted by Crippen LogP contribution is -3.00. The van der Waals surface area contributed by atoms with Crippen LogP contribution in [-0.2, 0) is 11.3 Å². The zero-order valence-corrected chi connectivity index (χ0v) is 19.3. The summed E-state index contributed by atoms with van der Waals surface area (Å²) in [6.07, 6.45) is 13.4. The number of halogens is 1. The van der Waals surface area contributed by atoms with Crippen molar-refractivity contribution < 1.29 is 21.7 Å². The molecule has 0 fully saturated rings. The van der Waals surface area contributed by atoms with Crippen LogP contribution >= 0.6 is 0 Å². The third-order valence-electron chi connectivity index (χ3n) is 5.22. The average molecular weight is 411 g/mol. The number of unbranched alkanes of at least 4 members (excludes halogenated alkanes) is 8. The van der Waals surface area contributed by atoms with Crippen LogP contribution in [0.1, 0.15) is 83.1 Å². The Balaban J connectivity index is 0.00000729. The van der Waals surface area contributed by atoms with Crippen molar-refractivity contribution >= 4 is 5.91 Å². The molecule has 1 rings (SSSR count). The summed E-state index contributed by atoms with van der Waals surface area (Å²) in [5.74, 6) is 0.228. The molecule has 0 atom stereocenters. The molecule has 28 heavy (non-hydrogen) atoms. The summed E-state index contributed by atoms with van der Waals surface area (Å²) in [6.45, 7) is 5.17. The van der Waals surface area contributed by atoms with Gasteiger partial charge in [-0.25, -0.2) is 0 Å². The smallest absolute Gasteiger partial charge is 0.219 e. The Morgan fingerprint density at radius 3 is 2.04 bits per heavy atom. The van der Waals surface area contributed by atoms with Gasteiger partial charge in [-0.2, -0.15) is 0 Å². The molecule has 0 radical (unpaired) electrons. The Hall–Kier alpha value is -1.06. The van der Waals surface area contributed by atoms with Gasteiger partial charge in [-0.05, 0) is 6.42 Å². The van der Waals surface area contributed by atoms with E-state index in [0.29, 0.717) is 6.42 Å². The van der Waals surface area contributed by atoms with Crippen molar-refractivity contribution in [3.05, 3.63) is 35.9 Å². The summed E-state index contributed by atoms with van der Waals surface area (Å²) in [7, 11) is 4.52. The highest BCUT2D eigenvalue weighted by Gasteiger charge is 2.15. The van der Waals surface area contributed by atoms with Crippen molar-refractivity contribution in [3.63, 3.8) is 0 Å². The fourth-order valence-electron chi connectivity index (χ4n) is 3.58. The molecule has 0 aliphatic rings. The lowest BCUT2D eigenvalue weighted by Gasteiger charge is -2.30. The number of nitrogens with zero attached hydrogens (tertiary/aromatic N) is 1. The molecule has 4 heteroatoms. The second kappa shape index (κ2) is 16.9. The fraction of sp³-hybridized carbons (Fsp3) is 0.708. The third kappa shape index (κ3) is 14.9. The van der Waals surface area contributed by atoms with Crippen LogP contribution in [0.15, 0.2) is 30.3 Å². The number of amides is 1. The Labute approximate surface area is 180 Å². The molecule has 1 aromatic rings. The molecule has 0 saturated heterocycles. The fourth-order valence-corrected chi connectivity index (χ4v) is 3.58. The SMILES string of the molecule is CCCCCCCCCCCC(=O)NCCC[N+](C)(C)Cc1ccccc1.[Cl-]. The average Bonchev–Trinajstić information content (AvgIpc) is 2.64. The van der Waals surface area contributed by atoms with Crippen LogP contribution in [0.2, 0.25) is 0 Å². The van der Waals surface area contributed by atoms with Crippen molar-refractivity contribution in [1.29, 1.82) is 0 Å². The highest BCUT2D eigenvalue weighted by Crippen LogP contribution is 2.11. The zero-order chi connectivity index (χ0) is 19.8. The van der Waals surface area contributed by atoms with Crippen LogP contribution in [0, 0.1) is 0 Å². The predicted octanol–water partition coefficient (Wildman–Crippen LogP) is 2.69. The molecule has 0 aromatic heterocycles. The van der Waals surface area contributed by atoms with Crippen molar-refractivity contribution in [3.8, 4) is 0 Å². The molecule has 0 heterocycles. The summed E-state index contributed by atoms with van der Waals surface area (Å²) in [5.41, 5.74) is 1.37. The first-order chi connectivity index (χ1) is 13.0. The van der Waals surface area contributed by atoms with Crippen molar-refractivity contribution in [2.75, 3.05) is 27.2 Å². The van der Waals surface area contributed by atoms with E-state index in [1.807, 2.05) is 0 Å². The van der Waals surface area contributed by atoms with Gasteiger partial charge in [0.25, 0.3) is 0 Å². The van der Waals surface area contributed by atoms with Crippen LogP contribution in [0.4, 0.5) is 0 Å². The van der Waals surface area contributed by atoms with Gasteiger partial charge in [-0.1, -0.05) is 88.6 Å². The Morgan fingerprint density at radius 1 is 0.857 bits per heavy atom. The van der Waals surface area contributed by atoms with Gasteiger partial charge >= 0.3 is 0 Å². The molecule has 3 nitrogen and oxygen atoms in total. The predicted molar refractivity (Wildman–Crippen MR) is 117 cm³/mol. The standard InChI is InChI=1S/C24H42N2O.ClH/c1-4-5-6-7-8-9-10-11-15-19-24(27)25-20-16-21-26(2,3)22-23-17-13-12-14-18-23;/h12-14,17-18H,4-11,15-16,19-22H2,1-3H3;1H. The van der Waals surface area contributed by atoms with Crippen LogP contribution in [0.5, 0.6) is 0 Å². The van der Waals surface area contributed by atoms with Gasteiger partial charge in [0.15, 0.2) is 0 Å². The summed E-state index contributed by atoms with van der Waals surface area (Å²) in [6, 6.07) is 10.6. The summed E-state index contributed by atoms with van der Waals surface area (Å²) < 4.78 is 0.956. The lowest BCUT2D eigenvalue weighted by molar-refractivity contribution is -0.903. The Kier molecular flexibility index (Phi) is 16.2. The monoisotopic (exact) mass is 410 g/mol.